The molecule has 0 fully saturated rings. The minimum Gasteiger partial charge on any atom is -0.393 e. The molecule has 0 aliphatic heterocycles. The van der Waals surface area contributed by atoms with E-state index in [4.69, 9.17) is 9.79 Å². The molecule has 3 N–H and O–H groups in total. The van der Waals surface area contributed by atoms with Gasteiger partial charge in [0.15, 0.2) is 0 Å². The third-order valence-corrected chi connectivity index (χ3v) is 4.38. The van der Waals surface area contributed by atoms with Crippen LogP contribution in [0.2, 0.25) is 0 Å². The Morgan fingerprint density at radius 1 is 1.00 bits per heavy atom. The molecule has 6 nitrogen and oxygen atoms in total. The molecule has 0 amide bonds. The Bertz CT molecular complexity index is 410. The van der Waals surface area contributed by atoms with Gasteiger partial charge in [0.1, 0.15) is 0 Å². The second kappa shape index (κ2) is 18.9. The summed E-state index contributed by atoms with van der Waals surface area (Å²) in [5.41, 5.74) is 0. The summed E-state index contributed by atoms with van der Waals surface area (Å²) in [4.78, 5) is 28.0. The fourth-order valence-corrected chi connectivity index (χ4v) is 2.89. The van der Waals surface area contributed by atoms with Gasteiger partial charge in [-0.1, -0.05) is 64.0 Å². The number of phosphoric ester groups is 1. The molecule has 26 heavy (non-hydrogen) atoms. The van der Waals surface area contributed by atoms with Gasteiger partial charge in [-0.3, -0.25) is 14.6 Å². The summed E-state index contributed by atoms with van der Waals surface area (Å²) < 4.78 is 14.4. The number of aliphatic hydroxyl groups excluding tert-OH is 1. The number of carbonyl (C=O) groups is 1. The molecule has 0 aromatic carbocycles. The molecule has 0 saturated heterocycles. The Morgan fingerprint density at radius 3 is 2.27 bits per heavy atom. The number of carbonyl (C=O) groups excluding carboxylic acids is 1. The largest absolute Gasteiger partial charge is 0.526 e. The van der Waals surface area contributed by atoms with E-state index in [0.717, 1.165) is 51.4 Å². The Morgan fingerprint density at radius 2 is 1.62 bits per heavy atom. The van der Waals surface area contributed by atoms with Crippen molar-refractivity contribution in [3.05, 3.63) is 12.2 Å². The number of phosphoric acid groups is 1. The SMILES string of the molecule is CCCCCC[C@@H](O)C/C=C\CCCCCCCC(=O)OP(=O)(O)O.[La]. The molecule has 0 saturated carbocycles. The smallest absolute Gasteiger partial charge is 0.393 e. The van der Waals surface area contributed by atoms with E-state index < -0.39 is 13.8 Å². The Kier molecular flexibility index (Phi) is 20.8. The summed E-state index contributed by atoms with van der Waals surface area (Å²) in [6.45, 7) is 2.18. The summed E-state index contributed by atoms with van der Waals surface area (Å²) in [6, 6.07) is 0. The Labute approximate surface area is 186 Å². The fraction of sp³-hybridized carbons (Fsp3) is 0.833. The third kappa shape index (κ3) is 22.6. The first-order chi connectivity index (χ1) is 11.8. The number of hydrogen-bond donors (Lipinski definition) is 3. The van der Waals surface area contributed by atoms with Gasteiger partial charge in [-0.25, -0.2) is 4.57 Å². The van der Waals surface area contributed by atoms with Gasteiger partial charge in [0.2, 0.25) is 0 Å². The van der Waals surface area contributed by atoms with Gasteiger partial charge < -0.3 is 9.63 Å². The maximum Gasteiger partial charge on any atom is 0.526 e. The van der Waals surface area contributed by atoms with E-state index in [9.17, 15) is 14.5 Å². The van der Waals surface area contributed by atoms with Crippen LogP contribution < -0.4 is 0 Å². The molecule has 8 heteroatoms. The maximum atomic E-state index is 11.1. The van der Waals surface area contributed by atoms with Crippen molar-refractivity contribution in [2.45, 2.75) is 96.5 Å². The van der Waals surface area contributed by atoms with Gasteiger partial charge in [-0.15, -0.1) is 0 Å². The normalized spacial score (nSPS) is 12.8. The zero-order chi connectivity index (χ0) is 19.0. The number of aliphatic hydroxyl groups is 1. The minimum atomic E-state index is -4.69. The van der Waals surface area contributed by atoms with Crippen LogP contribution in [0.15, 0.2) is 12.2 Å². The van der Waals surface area contributed by atoms with E-state index in [-0.39, 0.29) is 48.1 Å². The summed E-state index contributed by atoms with van der Waals surface area (Å²) in [5, 5.41) is 9.83. The van der Waals surface area contributed by atoms with Crippen LogP contribution in [0.5, 0.6) is 0 Å². The van der Waals surface area contributed by atoms with Gasteiger partial charge >= 0.3 is 13.8 Å². The monoisotopic (exact) mass is 517 g/mol. The summed E-state index contributed by atoms with van der Waals surface area (Å²) in [6.07, 6.45) is 15.9. The first kappa shape index (κ1) is 28.7. The van der Waals surface area contributed by atoms with Gasteiger partial charge in [-0.2, -0.15) is 0 Å². The zero-order valence-electron chi connectivity index (χ0n) is 16.0. The van der Waals surface area contributed by atoms with E-state index in [2.05, 4.69) is 23.6 Å². The van der Waals surface area contributed by atoms with Crippen LogP contribution in [-0.4, -0.2) is 27.0 Å². The summed E-state index contributed by atoms with van der Waals surface area (Å²) in [5.74, 6) is -0.843. The predicted molar refractivity (Wildman–Crippen MR) is 99.0 cm³/mol. The van der Waals surface area contributed by atoms with Gasteiger partial charge in [-0.05, 0) is 32.1 Å². The molecule has 0 aliphatic rings. The van der Waals surface area contributed by atoms with Crippen molar-refractivity contribution >= 4 is 13.8 Å². The number of allylic oxidation sites excluding steroid dienone is 1. The van der Waals surface area contributed by atoms with Crippen molar-refractivity contribution in [1.82, 2.24) is 0 Å². The molecule has 1 atom stereocenters. The third-order valence-electron chi connectivity index (χ3n) is 3.94. The second-order valence-electron chi connectivity index (χ2n) is 6.47. The number of unbranched alkanes of at least 4 members (excludes halogenated alkanes) is 8. The number of hydrogen-bond acceptors (Lipinski definition) is 4. The quantitative estimate of drug-likeness (QED) is 0.157. The van der Waals surface area contributed by atoms with Crippen LogP contribution in [0.1, 0.15) is 90.4 Å². The minimum absolute atomic E-state index is 0. The van der Waals surface area contributed by atoms with Crippen molar-refractivity contribution in [2.24, 2.45) is 0 Å². The van der Waals surface area contributed by atoms with Crippen molar-refractivity contribution < 1.29 is 64.4 Å². The van der Waals surface area contributed by atoms with Crippen molar-refractivity contribution in [1.29, 1.82) is 0 Å². The topological polar surface area (TPSA) is 104 Å². The fourth-order valence-electron chi connectivity index (χ4n) is 2.54. The Hall–Kier alpha value is 0.515. The molecule has 1 radical (unpaired) electrons. The molecule has 151 valence electrons. The average molecular weight is 517 g/mol. The molecule has 0 aliphatic carbocycles. The van der Waals surface area contributed by atoms with Crippen molar-refractivity contribution in [2.75, 3.05) is 0 Å². The molecule has 0 aromatic heterocycles. The van der Waals surface area contributed by atoms with E-state index in [1.165, 1.54) is 19.3 Å². The molecule has 0 aromatic rings. The van der Waals surface area contributed by atoms with E-state index in [0.29, 0.717) is 6.42 Å². The molecule has 0 unspecified atom stereocenters. The van der Waals surface area contributed by atoms with Crippen LogP contribution in [0.3, 0.4) is 0 Å². The summed E-state index contributed by atoms with van der Waals surface area (Å²) >= 11 is 0. The van der Waals surface area contributed by atoms with E-state index in [1.54, 1.807) is 0 Å². The van der Waals surface area contributed by atoms with Crippen molar-refractivity contribution in [3.63, 3.8) is 0 Å². The van der Waals surface area contributed by atoms with Crippen LogP contribution in [-0.2, 0) is 13.9 Å². The second-order valence-corrected chi connectivity index (χ2v) is 7.63. The standard InChI is InChI=1S/C18H35O6P.La/c1-2-3-4-11-14-17(19)15-12-9-7-5-6-8-10-13-16-18(20)24-25(21,22)23;/h9,12,17,19H,2-8,10-11,13-16H2,1H3,(H2,21,22,23);/b12-9-;/t17-;/m1./s1. The first-order valence-electron chi connectivity index (χ1n) is 9.46. The van der Waals surface area contributed by atoms with Crippen LogP contribution in [0.4, 0.5) is 0 Å². The molecule has 0 spiro atoms. The molecule has 0 bridgehead atoms. The molecular formula is C18H35LaO6P. The summed E-state index contributed by atoms with van der Waals surface area (Å²) in [7, 11) is -4.69. The number of rotatable bonds is 16. The molecular weight excluding hydrogens is 482 g/mol. The van der Waals surface area contributed by atoms with Crippen LogP contribution in [0.25, 0.3) is 0 Å². The van der Waals surface area contributed by atoms with E-state index >= 15 is 0 Å². The molecule has 0 heterocycles. The van der Waals surface area contributed by atoms with Gasteiger partial charge in [0.05, 0.1) is 6.10 Å². The van der Waals surface area contributed by atoms with Crippen LogP contribution in [0, 0.1) is 35.6 Å². The van der Waals surface area contributed by atoms with E-state index in [1.807, 2.05) is 0 Å². The first-order valence-corrected chi connectivity index (χ1v) is 11.0. The van der Waals surface area contributed by atoms with Crippen LogP contribution >= 0.6 is 7.82 Å². The average Bonchev–Trinajstić information content (AvgIpc) is 2.51. The molecule has 0 rings (SSSR count). The maximum absolute atomic E-state index is 11.1. The van der Waals surface area contributed by atoms with Crippen molar-refractivity contribution in [3.8, 4) is 0 Å². The van der Waals surface area contributed by atoms with Gasteiger partial charge in [0.25, 0.3) is 0 Å². The Balaban J connectivity index is 0. The van der Waals surface area contributed by atoms with Gasteiger partial charge in [0, 0.05) is 42.0 Å². The zero-order valence-corrected chi connectivity index (χ0v) is 20.5. The predicted octanol–water partition coefficient (Wildman–Crippen LogP) is 4.63.